The largest absolute Gasteiger partial charge is 0.342 e. The zero-order chi connectivity index (χ0) is 29.3. The first-order chi connectivity index (χ1) is 19.4. The van der Waals surface area contributed by atoms with E-state index >= 15 is 0 Å². The zero-order valence-corrected chi connectivity index (χ0v) is 25.2. The summed E-state index contributed by atoms with van der Waals surface area (Å²) in [5.74, 6) is -1.55. The van der Waals surface area contributed by atoms with Gasteiger partial charge in [-0.05, 0) is 87.8 Å². The molecule has 1 unspecified atom stereocenters. The van der Waals surface area contributed by atoms with E-state index in [1.54, 1.807) is 0 Å². The van der Waals surface area contributed by atoms with Crippen LogP contribution in [0.5, 0.6) is 0 Å². The number of hydrogen-bond acceptors (Lipinski definition) is 3. The number of nitrogens with zero attached hydrogens (tertiary/aromatic N) is 3. The van der Waals surface area contributed by atoms with Gasteiger partial charge < -0.3 is 9.80 Å². The molecule has 3 fully saturated rings. The number of carbonyl (C=O) groups excluding carboxylic acids is 2. The smallest absolute Gasteiger partial charge is 0.227 e. The van der Waals surface area contributed by atoms with Gasteiger partial charge in [-0.15, -0.1) is 0 Å². The minimum absolute atomic E-state index is 0.0326. The normalized spacial score (nSPS) is 25.9. The van der Waals surface area contributed by atoms with Gasteiger partial charge in [0.2, 0.25) is 11.8 Å². The van der Waals surface area contributed by atoms with E-state index in [1.165, 1.54) is 23.3 Å². The van der Waals surface area contributed by atoms with E-state index in [2.05, 4.69) is 31.7 Å². The van der Waals surface area contributed by atoms with Gasteiger partial charge in [0.15, 0.2) is 0 Å². The van der Waals surface area contributed by atoms with Crippen LogP contribution in [0.4, 0.5) is 8.78 Å². The molecule has 2 aliphatic carbocycles. The fourth-order valence-corrected chi connectivity index (χ4v) is 7.96. The molecule has 0 N–H and O–H groups in total. The lowest BCUT2D eigenvalue weighted by atomic mass is 9.70. The van der Waals surface area contributed by atoms with Crippen molar-refractivity contribution in [2.45, 2.75) is 75.8 Å². The Morgan fingerprint density at radius 2 is 1.73 bits per heavy atom. The van der Waals surface area contributed by atoms with Gasteiger partial charge >= 0.3 is 0 Å². The lowest BCUT2D eigenvalue weighted by Gasteiger charge is -2.47. The van der Waals surface area contributed by atoms with Crippen LogP contribution in [0.3, 0.4) is 0 Å². The summed E-state index contributed by atoms with van der Waals surface area (Å²) >= 11 is 6.38. The minimum Gasteiger partial charge on any atom is -0.342 e. The van der Waals surface area contributed by atoms with Gasteiger partial charge in [0, 0.05) is 73.1 Å². The second-order valence-electron chi connectivity index (χ2n) is 13.7. The van der Waals surface area contributed by atoms with Crippen LogP contribution < -0.4 is 0 Å². The third-order valence-corrected chi connectivity index (χ3v) is 10.5. The Labute approximate surface area is 246 Å². The molecule has 5 nitrogen and oxygen atoms in total. The number of halogens is 3. The number of rotatable bonds is 4. The van der Waals surface area contributed by atoms with E-state index in [1.807, 2.05) is 29.0 Å². The lowest BCUT2D eigenvalue weighted by molar-refractivity contribution is -0.140. The fraction of sp³-hybridized carbons (Fsp3) is 0.576. The second kappa shape index (κ2) is 10.3. The van der Waals surface area contributed by atoms with E-state index in [-0.39, 0.29) is 40.6 Å². The monoisotopic (exact) mass is 583 g/mol. The van der Waals surface area contributed by atoms with Gasteiger partial charge in [0.1, 0.15) is 11.6 Å². The quantitative estimate of drug-likeness (QED) is 0.458. The Morgan fingerprint density at radius 3 is 2.37 bits per heavy atom. The number of fused-ring (bicyclic) bond motifs is 2. The van der Waals surface area contributed by atoms with E-state index in [9.17, 15) is 18.4 Å². The third-order valence-electron chi connectivity index (χ3n) is 10.3. The second-order valence-corrected chi connectivity index (χ2v) is 14.1. The molecule has 1 spiro atoms. The molecule has 1 saturated carbocycles. The van der Waals surface area contributed by atoms with Crippen molar-refractivity contribution in [3.05, 3.63) is 69.7 Å². The molecule has 0 aromatic heterocycles. The van der Waals surface area contributed by atoms with Crippen LogP contribution in [0, 0.1) is 23.5 Å². The van der Waals surface area contributed by atoms with Crippen LogP contribution in [-0.2, 0) is 21.4 Å². The Bertz CT molecular complexity index is 1360. The summed E-state index contributed by atoms with van der Waals surface area (Å²) < 4.78 is 28.7. The maximum absolute atomic E-state index is 15.0. The highest BCUT2D eigenvalue weighted by atomic mass is 35.5. The van der Waals surface area contributed by atoms with E-state index < -0.39 is 17.6 Å². The molecule has 2 aromatic carbocycles. The molecule has 41 heavy (non-hydrogen) atoms. The van der Waals surface area contributed by atoms with Crippen LogP contribution in [0.1, 0.15) is 69.1 Å². The molecule has 2 aliphatic heterocycles. The highest BCUT2D eigenvalue weighted by Gasteiger charge is 2.53. The SMILES string of the molecule is CN(C(=O)C1CC1)[C@@H]1Cc2cc(Cl)ccc2C12CCN(C(=O)C1CN(C(C)(C)C)C[C@H]1c1ccc(F)cc1F)CC2. The van der Waals surface area contributed by atoms with Crippen LogP contribution in [-0.4, -0.2) is 71.3 Å². The highest BCUT2D eigenvalue weighted by molar-refractivity contribution is 6.30. The average Bonchev–Trinajstić information content (AvgIpc) is 3.60. The van der Waals surface area contributed by atoms with Crippen molar-refractivity contribution in [2.24, 2.45) is 11.8 Å². The first-order valence-corrected chi connectivity index (χ1v) is 15.3. The topological polar surface area (TPSA) is 43.9 Å². The molecule has 2 aromatic rings. The number of likely N-dealkylation sites (tertiary alicyclic amines) is 2. The molecular formula is C33H40ClF2N3O2. The van der Waals surface area contributed by atoms with Crippen molar-refractivity contribution in [1.29, 1.82) is 0 Å². The highest BCUT2D eigenvalue weighted by Crippen LogP contribution is 2.50. The summed E-state index contributed by atoms with van der Waals surface area (Å²) in [5.41, 5.74) is 2.44. The first-order valence-electron chi connectivity index (χ1n) is 14.9. The van der Waals surface area contributed by atoms with E-state index in [0.717, 1.165) is 38.2 Å². The van der Waals surface area contributed by atoms with Gasteiger partial charge in [0.05, 0.1) is 5.92 Å². The van der Waals surface area contributed by atoms with E-state index in [0.29, 0.717) is 36.8 Å². The summed E-state index contributed by atoms with van der Waals surface area (Å²) in [6, 6.07) is 9.84. The van der Waals surface area contributed by atoms with Crippen molar-refractivity contribution in [2.75, 3.05) is 33.2 Å². The van der Waals surface area contributed by atoms with Crippen molar-refractivity contribution in [1.82, 2.24) is 14.7 Å². The number of hydrogen-bond donors (Lipinski definition) is 0. The number of benzene rings is 2. The molecule has 6 rings (SSSR count). The lowest BCUT2D eigenvalue weighted by Crippen LogP contribution is -2.56. The van der Waals surface area contributed by atoms with Gasteiger partial charge in [0.25, 0.3) is 0 Å². The molecule has 3 atom stereocenters. The molecule has 2 saturated heterocycles. The molecule has 0 bridgehead atoms. The standard InChI is InChI=1S/C33H40ClF2N3O2/c1-32(2,3)39-18-25(24-9-8-23(35)17-28(24)36)26(19-39)31(41)38-13-11-33(12-14-38)27-10-7-22(34)15-21(27)16-29(33)37(4)30(40)20-5-6-20/h7-10,15,17,20,25-26,29H,5-6,11-14,16,18-19H2,1-4H3/t25-,26?,29+/m0/s1. The van der Waals surface area contributed by atoms with Crippen molar-refractivity contribution in [3.63, 3.8) is 0 Å². The van der Waals surface area contributed by atoms with Gasteiger partial charge in [-0.2, -0.15) is 0 Å². The van der Waals surface area contributed by atoms with Crippen molar-refractivity contribution < 1.29 is 18.4 Å². The summed E-state index contributed by atoms with van der Waals surface area (Å²) in [5, 5.41) is 0.701. The Kier molecular flexibility index (Phi) is 7.21. The average molecular weight is 584 g/mol. The Morgan fingerprint density at radius 1 is 1.02 bits per heavy atom. The van der Waals surface area contributed by atoms with Crippen LogP contribution in [0.25, 0.3) is 0 Å². The molecule has 2 heterocycles. The molecule has 2 amide bonds. The van der Waals surface area contributed by atoms with Crippen molar-refractivity contribution in [3.8, 4) is 0 Å². The number of carbonyl (C=O) groups is 2. The predicted molar refractivity (Wildman–Crippen MR) is 156 cm³/mol. The van der Waals surface area contributed by atoms with E-state index in [4.69, 9.17) is 11.6 Å². The molecular weight excluding hydrogens is 544 g/mol. The van der Waals surface area contributed by atoms with Gasteiger partial charge in [-0.3, -0.25) is 14.5 Å². The molecule has 8 heteroatoms. The molecule has 220 valence electrons. The first kappa shape index (κ1) is 28.6. The predicted octanol–water partition coefficient (Wildman–Crippen LogP) is 5.79. The minimum atomic E-state index is -0.612. The molecule has 4 aliphatic rings. The molecule has 0 radical (unpaired) electrons. The Balaban J connectivity index is 1.26. The maximum atomic E-state index is 15.0. The summed E-state index contributed by atoms with van der Waals surface area (Å²) in [6.45, 7) is 8.55. The number of piperidine rings is 1. The maximum Gasteiger partial charge on any atom is 0.227 e. The number of likely N-dealkylation sites (N-methyl/N-ethyl adjacent to an activating group) is 1. The summed E-state index contributed by atoms with van der Waals surface area (Å²) in [4.78, 5) is 33.5. The zero-order valence-electron chi connectivity index (χ0n) is 24.4. The van der Waals surface area contributed by atoms with Crippen LogP contribution in [0.15, 0.2) is 36.4 Å². The van der Waals surface area contributed by atoms with Crippen LogP contribution >= 0.6 is 11.6 Å². The number of amides is 2. The summed E-state index contributed by atoms with van der Waals surface area (Å²) in [7, 11) is 1.94. The van der Waals surface area contributed by atoms with Gasteiger partial charge in [-0.25, -0.2) is 8.78 Å². The third kappa shape index (κ3) is 5.07. The van der Waals surface area contributed by atoms with Gasteiger partial charge in [-0.1, -0.05) is 23.7 Å². The Hall–Kier alpha value is -2.51. The van der Waals surface area contributed by atoms with Crippen LogP contribution in [0.2, 0.25) is 5.02 Å². The fourth-order valence-electron chi connectivity index (χ4n) is 7.76. The summed E-state index contributed by atoms with van der Waals surface area (Å²) in [6.07, 6.45) is 4.21. The van der Waals surface area contributed by atoms with Crippen molar-refractivity contribution >= 4 is 23.4 Å².